The summed E-state index contributed by atoms with van der Waals surface area (Å²) in [6.45, 7) is 0.461. The van der Waals surface area contributed by atoms with E-state index in [-0.39, 0.29) is 5.56 Å². The summed E-state index contributed by atoms with van der Waals surface area (Å²) in [4.78, 5) is 11.1. The molecule has 0 spiro atoms. The maximum Gasteiger partial charge on any atom is 0.335 e. The number of ether oxygens (including phenoxy) is 2. The zero-order chi connectivity index (χ0) is 18.0. The Bertz CT molecular complexity index is 1010. The summed E-state index contributed by atoms with van der Waals surface area (Å²) in [5.74, 6) is 0.414. The lowest BCUT2D eigenvalue weighted by molar-refractivity contribution is 0.0697. The van der Waals surface area contributed by atoms with Gasteiger partial charge in [-0.05, 0) is 41.8 Å². The summed E-state index contributed by atoms with van der Waals surface area (Å²) in [6, 6.07) is 12.1. The van der Waals surface area contributed by atoms with Crippen molar-refractivity contribution < 1.29 is 19.4 Å². The number of rotatable bonds is 5. The van der Waals surface area contributed by atoms with Crippen molar-refractivity contribution in [3.8, 4) is 11.5 Å². The monoisotopic (exact) mass is 338 g/mol. The molecule has 0 amide bonds. The second-order valence-corrected chi connectivity index (χ2v) is 5.58. The number of pyridine rings is 1. The summed E-state index contributed by atoms with van der Waals surface area (Å²) in [6.07, 6.45) is 1.78. The predicted octanol–water partition coefficient (Wildman–Crippen LogP) is 2.88. The maximum absolute atomic E-state index is 11.1. The van der Waals surface area contributed by atoms with E-state index in [4.69, 9.17) is 20.0 Å². The zero-order valence-corrected chi connectivity index (χ0v) is 13.9. The molecule has 6 nitrogen and oxygen atoms in total. The normalized spacial score (nSPS) is 10.6. The van der Waals surface area contributed by atoms with E-state index < -0.39 is 5.97 Å². The highest BCUT2D eigenvalue weighted by Crippen LogP contribution is 2.25. The van der Waals surface area contributed by atoms with Gasteiger partial charge in [-0.1, -0.05) is 0 Å². The highest BCUT2D eigenvalue weighted by molar-refractivity contribution is 5.93. The van der Waals surface area contributed by atoms with Gasteiger partial charge in [-0.15, -0.1) is 0 Å². The van der Waals surface area contributed by atoms with Gasteiger partial charge >= 0.3 is 5.97 Å². The molecule has 25 heavy (non-hydrogen) atoms. The Labute approximate surface area is 144 Å². The summed E-state index contributed by atoms with van der Waals surface area (Å²) >= 11 is 0. The Kier molecular flexibility index (Phi) is 4.43. The van der Waals surface area contributed by atoms with Gasteiger partial charge in [-0.3, -0.25) is 5.41 Å². The van der Waals surface area contributed by atoms with E-state index in [0.29, 0.717) is 28.9 Å². The number of aromatic carboxylic acids is 1. The van der Waals surface area contributed by atoms with Crippen LogP contribution in [0.3, 0.4) is 0 Å². The first-order valence-corrected chi connectivity index (χ1v) is 7.65. The van der Waals surface area contributed by atoms with Crippen LogP contribution in [0.15, 0.2) is 48.7 Å². The van der Waals surface area contributed by atoms with Crippen molar-refractivity contribution in [3.63, 3.8) is 0 Å². The molecular formula is C19H18N2O4. The molecule has 0 saturated heterocycles. The summed E-state index contributed by atoms with van der Waals surface area (Å²) in [5, 5.41) is 18.9. The van der Waals surface area contributed by atoms with Crippen LogP contribution < -0.4 is 15.0 Å². The molecule has 3 rings (SSSR count). The van der Waals surface area contributed by atoms with Crippen molar-refractivity contribution in [2.45, 2.75) is 6.54 Å². The van der Waals surface area contributed by atoms with Crippen molar-refractivity contribution >= 4 is 16.7 Å². The minimum atomic E-state index is -0.979. The van der Waals surface area contributed by atoms with Crippen molar-refractivity contribution in [2.24, 2.45) is 0 Å². The Morgan fingerprint density at radius 3 is 2.60 bits per heavy atom. The van der Waals surface area contributed by atoms with Gasteiger partial charge in [0.05, 0.1) is 26.3 Å². The minimum Gasteiger partial charge on any atom is -0.497 e. The van der Waals surface area contributed by atoms with Gasteiger partial charge < -0.3 is 19.1 Å². The van der Waals surface area contributed by atoms with E-state index in [9.17, 15) is 4.79 Å². The predicted molar refractivity (Wildman–Crippen MR) is 93.4 cm³/mol. The summed E-state index contributed by atoms with van der Waals surface area (Å²) in [5.41, 5.74) is 1.44. The molecule has 0 aliphatic heterocycles. The van der Waals surface area contributed by atoms with Crippen LogP contribution >= 0.6 is 0 Å². The molecule has 0 bridgehead atoms. The first-order chi connectivity index (χ1) is 12.0. The molecule has 1 heterocycles. The smallest absolute Gasteiger partial charge is 0.335 e. The van der Waals surface area contributed by atoms with Crippen molar-refractivity contribution in [3.05, 3.63) is 65.3 Å². The number of benzene rings is 2. The molecule has 3 aromatic rings. The van der Waals surface area contributed by atoms with Crippen LogP contribution in [-0.4, -0.2) is 29.9 Å². The van der Waals surface area contributed by atoms with Crippen molar-refractivity contribution in [1.29, 1.82) is 5.41 Å². The molecule has 0 saturated carbocycles. The Morgan fingerprint density at radius 2 is 1.92 bits per heavy atom. The first-order valence-electron chi connectivity index (χ1n) is 7.65. The van der Waals surface area contributed by atoms with E-state index in [1.807, 2.05) is 18.2 Å². The second kappa shape index (κ2) is 6.68. The van der Waals surface area contributed by atoms with Crippen molar-refractivity contribution in [1.82, 2.24) is 4.57 Å². The third-order valence-electron chi connectivity index (χ3n) is 4.11. The van der Waals surface area contributed by atoms with Crippen LogP contribution in [0.25, 0.3) is 10.8 Å². The highest BCUT2D eigenvalue weighted by atomic mass is 16.5. The molecular weight excluding hydrogens is 320 g/mol. The lowest BCUT2D eigenvalue weighted by Crippen LogP contribution is -2.20. The third kappa shape index (κ3) is 3.19. The molecule has 0 aliphatic carbocycles. The van der Waals surface area contributed by atoms with Crippen molar-refractivity contribution in [2.75, 3.05) is 14.2 Å². The standard InChI is InChI=1S/C19H18N2O4/c1-24-15-5-3-14(17(10-15)25-2)11-21-8-7-12-9-13(19(22)23)4-6-16(12)18(21)20/h3-10,20H,11H2,1-2H3,(H,22,23). The van der Waals surface area contributed by atoms with Gasteiger partial charge in [0.2, 0.25) is 0 Å². The number of nitrogens with one attached hydrogen (secondary N) is 1. The second-order valence-electron chi connectivity index (χ2n) is 5.58. The van der Waals surface area contributed by atoms with Crippen LogP contribution in [0.2, 0.25) is 0 Å². The average molecular weight is 338 g/mol. The number of hydrogen-bond donors (Lipinski definition) is 2. The van der Waals surface area contributed by atoms with Gasteiger partial charge in [0.15, 0.2) is 0 Å². The maximum atomic E-state index is 11.1. The Hall–Kier alpha value is -3.28. The number of carboxylic acids is 1. The Balaban J connectivity index is 2.03. The molecule has 0 radical (unpaired) electrons. The fourth-order valence-corrected chi connectivity index (χ4v) is 2.75. The van der Waals surface area contributed by atoms with Gasteiger partial charge in [-0.2, -0.15) is 0 Å². The molecule has 0 unspecified atom stereocenters. The number of carboxylic acid groups (broad SMARTS) is 1. The lowest BCUT2D eigenvalue weighted by atomic mass is 10.1. The molecule has 1 aromatic heterocycles. The minimum absolute atomic E-state index is 0.210. The number of carbonyl (C=O) groups is 1. The van der Waals surface area contributed by atoms with Gasteiger partial charge in [-0.25, -0.2) is 4.79 Å². The highest BCUT2D eigenvalue weighted by Gasteiger charge is 2.09. The lowest BCUT2D eigenvalue weighted by Gasteiger charge is -2.13. The van der Waals surface area contributed by atoms with E-state index in [1.54, 1.807) is 43.2 Å². The summed E-state index contributed by atoms with van der Waals surface area (Å²) in [7, 11) is 3.19. The number of nitrogens with zero attached hydrogens (tertiary/aromatic N) is 1. The SMILES string of the molecule is COc1ccc(Cn2ccc3cc(C(=O)O)ccc3c2=N)c(OC)c1. The van der Waals surface area contributed by atoms with Crippen LogP contribution in [-0.2, 0) is 6.54 Å². The first kappa shape index (κ1) is 16.6. The van der Waals surface area contributed by atoms with E-state index >= 15 is 0 Å². The van der Waals surface area contributed by atoms with E-state index in [1.165, 1.54) is 6.07 Å². The quantitative estimate of drug-likeness (QED) is 0.749. The van der Waals surface area contributed by atoms with E-state index in [0.717, 1.165) is 10.9 Å². The zero-order valence-electron chi connectivity index (χ0n) is 13.9. The fraction of sp³-hybridized carbons (Fsp3) is 0.158. The topological polar surface area (TPSA) is 84.5 Å². The Morgan fingerprint density at radius 1 is 1.12 bits per heavy atom. The third-order valence-corrected chi connectivity index (χ3v) is 4.11. The van der Waals surface area contributed by atoms with Gasteiger partial charge in [0.1, 0.15) is 17.0 Å². The van der Waals surface area contributed by atoms with E-state index in [2.05, 4.69) is 0 Å². The van der Waals surface area contributed by atoms with Crippen LogP contribution in [0.5, 0.6) is 11.5 Å². The van der Waals surface area contributed by atoms with Crippen LogP contribution in [0.1, 0.15) is 15.9 Å². The molecule has 128 valence electrons. The van der Waals surface area contributed by atoms with Crippen LogP contribution in [0.4, 0.5) is 0 Å². The molecule has 0 aliphatic rings. The average Bonchev–Trinajstić information content (AvgIpc) is 2.63. The fourth-order valence-electron chi connectivity index (χ4n) is 2.75. The van der Waals surface area contributed by atoms with Gasteiger partial charge in [0.25, 0.3) is 0 Å². The number of hydrogen-bond acceptors (Lipinski definition) is 4. The number of fused-ring (bicyclic) bond motifs is 1. The van der Waals surface area contributed by atoms with Gasteiger partial charge in [0, 0.05) is 23.2 Å². The van der Waals surface area contributed by atoms with Crippen LogP contribution in [0, 0.1) is 5.41 Å². The largest absolute Gasteiger partial charge is 0.497 e. The molecule has 2 N–H and O–H groups in total. The molecule has 6 heteroatoms. The number of aromatic nitrogens is 1. The molecule has 2 aromatic carbocycles. The summed E-state index contributed by atoms with van der Waals surface area (Å²) < 4.78 is 12.4. The number of methoxy groups -OCH3 is 2. The molecule has 0 fully saturated rings. The molecule has 0 atom stereocenters.